The summed E-state index contributed by atoms with van der Waals surface area (Å²) in [7, 11) is 0. The van der Waals surface area contributed by atoms with Gasteiger partial charge in [-0.2, -0.15) is 0 Å². The predicted molar refractivity (Wildman–Crippen MR) is 133 cm³/mol. The summed E-state index contributed by atoms with van der Waals surface area (Å²) in [4.78, 5) is 39.6. The van der Waals surface area contributed by atoms with Gasteiger partial charge in [-0.3, -0.25) is 14.4 Å². The van der Waals surface area contributed by atoms with Crippen LogP contribution >= 0.6 is 0 Å². The normalized spacial score (nSPS) is 10.6. The number of benzene rings is 4. The topological polar surface area (TPSA) is 51.2 Å². The van der Waals surface area contributed by atoms with Gasteiger partial charge >= 0.3 is 0 Å². The molecule has 0 spiro atoms. The summed E-state index contributed by atoms with van der Waals surface area (Å²) in [6, 6.07) is 28.3. The molecule has 4 rings (SSSR count). The Labute approximate surface area is 193 Å². The van der Waals surface area contributed by atoms with Crippen molar-refractivity contribution < 1.29 is 14.4 Å². The molecule has 0 amide bonds. The average Bonchev–Trinajstić information content (AvgIpc) is 2.83. The van der Waals surface area contributed by atoms with E-state index >= 15 is 0 Å². The van der Waals surface area contributed by atoms with Crippen LogP contribution in [0.15, 0.2) is 91.0 Å². The zero-order valence-corrected chi connectivity index (χ0v) is 18.9. The number of carbonyl (C=O) groups is 3. The molecule has 0 bridgehead atoms. The molecule has 162 valence electrons. The molecule has 0 aliphatic heterocycles. The van der Waals surface area contributed by atoms with Crippen molar-refractivity contribution in [1.29, 1.82) is 0 Å². The van der Waals surface area contributed by atoms with Gasteiger partial charge in [0.25, 0.3) is 0 Å². The largest absolute Gasteiger partial charge is 0.294 e. The Kier molecular flexibility index (Phi) is 6.14. The van der Waals surface area contributed by atoms with Crippen LogP contribution in [0.3, 0.4) is 0 Å². The van der Waals surface area contributed by atoms with Crippen molar-refractivity contribution in [3.8, 4) is 33.4 Å². The Bertz CT molecular complexity index is 1160. The van der Waals surface area contributed by atoms with Crippen LogP contribution in [0.5, 0.6) is 0 Å². The third kappa shape index (κ3) is 4.06. The Morgan fingerprint density at radius 2 is 0.606 bits per heavy atom. The summed E-state index contributed by atoms with van der Waals surface area (Å²) < 4.78 is 0. The summed E-state index contributed by atoms with van der Waals surface area (Å²) >= 11 is 0. The molecule has 0 saturated heterocycles. The minimum atomic E-state index is -0.197. The molecule has 0 atom stereocenters. The number of Topliss-reactive ketones (excluding diaryl/α,β-unsaturated/α-hetero) is 3. The Balaban J connectivity index is 2.36. The van der Waals surface area contributed by atoms with Crippen LogP contribution in [0, 0.1) is 0 Å². The summed E-state index contributed by atoms with van der Waals surface area (Å²) in [5.74, 6) is -0.591. The van der Waals surface area contributed by atoms with E-state index in [0.717, 1.165) is 16.7 Å². The van der Waals surface area contributed by atoms with Crippen molar-refractivity contribution in [2.24, 2.45) is 0 Å². The Morgan fingerprint density at radius 1 is 0.394 bits per heavy atom. The zero-order chi connectivity index (χ0) is 23.5. The maximum atomic E-state index is 13.2. The van der Waals surface area contributed by atoms with Gasteiger partial charge in [-0.25, -0.2) is 0 Å². The van der Waals surface area contributed by atoms with E-state index in [-0.39, 0.29) is 17.3 Å². The van der Waals surface area contributed by atoms with Crippen molar-refractivity contribution in [1.82, 2.24) is 0 Å². The number of hydrogen-bond donors (Lipinski definition) is 0. The first kappa shape index (κ1) is 22.1. The van der Waals surface area contributed by atoms with E-state index in [1.165, 1.54) is 20.8 Å². The predicted octanol–water partition coefficient (Wildman–Crippen LogP) is 7.30. The fourth-order valence-electron chi connectivity index (χ4n) is 4.49. The standard InChI is InChI=1S/C30H24O3/c1-19(31)25-28(22-13-7-4-8-14-22)26(20(2)32)30(24-17-11-6-12-18-24)27(21(3)33)29(25)23-15-9-5-10-16-23/h4-18H,1-3H3. The van der Waals surface area contributed by atoms with Crippen LogP contribution < -0.4 is 0 Å². The third-order valence-corrected chi connectivity index (χ3v) is 5.74. The molecule has 0 fully saturated rings. The molecule has 0 unspecified atom stereocenters. The lowest BCUT2D eigenvalue weighted by atomic mass is 9.76. The molecule has 0 aromatic heterocycles. The first-order valence-electron chi connectivity index (χ1n) is 10.8. The van der Waals surface area contributed by atoms with Gasteiger partial charge in [-0.05, 0) is 37.5 Å². The van der Waals surface area contributed by atoms with Crippen molar-refractivity contribution in [3.63, 3.8) is 0 Å². The quantitative estimate of drug-likeness (QED) is 0.301. The second-order valence-electron chi connectivity index (χ2n) is 8.02. The van der Waals surface area contributed by atoms with E-state index < -0.39 is 0 Å². The van der Waals surface area contributed by atoms with E-state index in [1.54, 1.807) is 0 Å². The fraction of sp³-hybridized carbons (Fsp3) is 0.100. The van der Waals surface area contributed by atoms with Crippen LogP contribution in [0.1, 0.15) is 51.8 Å². The fourth-order valence-corrected chi connectivity index (χ4v) is 4.49. The second kappa shape index (κ2) is 9.17. The molecule has 3 heteroatoms. The zero-order valence-electron chi connectivity index (χ0n) is 18.9. The van der Waals surface area contributed by atoms with Crippen molar-refractivity contribution >= 4 is 17.3 Å². The van der Waals surface area contributed by atoms with Gasteiger partial charge in [0.05, 0.1) is 0 Å². The highest BCUT2D eigenvalue weighted by Gasteiger charge is 2.31. The van der Waals surface area contributed by atoms with Crippen LogP contribution in [-0.2, 0) is 0 Å². The molecule has 0 saturated carbocycles. The van der Waals surface area contributed by atoms with E-state index in [0.29, 0.717) is 33.4 Å². The van der Waals surface area contributed by atoms with Gasteiger partial charge in [0, 0.05) is 33.4 Å². The number of carbonyl (C=O) groups excluding carboxylic acids is 3. The number of ketones is 3. The van der Waals surface area contributed by atoms with Gasteiger partial charge in [0.1, 0.15) is 0 Å². The lowest BCUT2D eigenvalue weighted by molar-refractivity contribution is 0.101. The SMILES string of the molecule is CC(=O)c1c(-c2ccccc2)c(C(C)=O)c(-c2ccccc2)c(C(C)=O)c1-c1ccccc1. The lowest BCUT2D eigenvalue weighted by Gasteiger charge is -2.24. The van der Waals surface area contributed by atoms with Crippen LogP contribution in [0.4, 0.5) is 0 Å². The summed E-state index contributed by atoms with van der Waals surface area (Å²) in [6.45, 7) is 4.47. The highest BCUT2D eigenvalue weighted by molar-refractivity contribution is 6.22. The highest BCUT2D eigenvalue weighted by Crippen LogP contribution is 2.45. The minimum absolute atomic E-state index is 0.197. The van der Waals surface area contributed by atoms with E-state index in [1.807, 2.05) is 91.0 Å². The third-order valence-electron chi connectivity index (χ3n) is 5.74. The summed E-state index contributed by atoms with van der Waals surface area (Å²) in [6.07, 6.45) is 0. The maximum Gasteiger partial charge on any atom is 0.161 e. The van der Waals surface area contributed by atoms with Gasteiger partial charge in [0.2, 0.25) is 0 Å². The molecule has 33 heavy (non-hydrogen) atoms. The molecule has 0 heterocycles. The van der Waals surface area contributed by atoms with Crippen LogP contribution in [-0.4, -0.2) is 17.3 Å². The smallest absolute Gasteiger partial charge is 0.161 e. The van der Waals surface area contributed by atoms with Crippen molar-refractivity contribution in [3.05, 3.63) is 108 Å². The molecule has 0 aliphatic carbocycles. The monoisotopic (exact) mass is 432 g/mol. The molecule has 0 aliphatic rings. The summed E-state index contributed by atoms with van der Waals surface area (Å²) in [5, 5.41) is 0. The summed E-state index contributed by atoms with van der Waals surface area (Å²) in [5.41, 5.74) is 5.16. The van der Waals surface area contributed by atoms with Gasteiger partial charge in [-0.1, -0.05) is 91.0 Å². The number of hydrogen-bond acceptors (Lipinski definition) is 3. The van der Waals surface area contributed by atoms with E-state index in [4.69, 9.17) is 0 Å². The minimum Gasteiger partial charge on any atom is -0.294 e. The average molecular weight is 433 g/mol. The molecular weight excluding hydrogens is 408 g/mol. The molecular formula is C30H24O3. The highest BCUT2D eigenvalue weighted by atomic mass is 16.1. The molecule has 3 nitrogen and oxygen atoms in total. The molecule has 4 aromatic rings. The van der Waals surface area contributed by atoms with Crippen molar-refractivity contribution in [2.45, 2.75) is 20.8 Å². The van der Waals surface area contributed by atoms with Gasteiger partial charge in [0.15, 0.2) is 17.3 Å². The van der Waals surface area contributed by atoms with E-state index in [9.17, 15) is 14.4 Å². The second-order valence-corrected chi connectivity index (χ2v) is 8.02. The van der Waals surface area contributed by atoms with Crippen LogP contribution in [0.25, 0.3) is 33.4 Å². The lowest BCUT2D eigenvalue weighted by Crippen LogP contribution is -2.14. The first-order chi connectivity index (χ1) is 15.9. The first-order valence-corrected chi connectivity index (χ1v) is 10.8. The number of rotatable bonds is 6. The Morgan fingerprint density at radius 3 is 0.788 bits per heavy atom. The van der Waals surface area contributed by atoms with E-state index in [2.05, 4.69) is 0 Å². The molecule has 4 aromatic carbocycles. The van der Waals surface area contributed by atoms with Crippen molar-refractivity contribution in [2.75, 3.05) is 0 Å². The van der Waals surface area contributed by atoms with Crippen LogP contribution in [0.2, 0.25) is 0 Å². The maximum absolute atomic E-state index is 13.2. The molecule has 0 N–H and O–H groups in total. The van der Waals surface area contributed by atoms with Gasteiger partial charge < -0.3 is 0 Å². The van der Waals surface area contributed by atoms with Gasteiger partial charge in [-0.15, -0.1) is 0 Å². The molecule has 0 radical (unpaired) electrons. The Hall–Kier alpha value is -4.11.